The van der Waals surface area contributed by atoms with E-state index >= 15 is 0 Å². The first-order chi connectivity index (χ1) is 17.1. The number of rotatable bonds is 7. The highest BCUT2D eigenvalue weighted by Crippen LogP contribution is 2.65. The van der Waals surface area contributed by atoms with Gasteiger partial charge in [0.15, 0.2) is 0 Å². The third-order valence-corrected chi connectivity index (χ3v) is 8.18. The van der Waals surface area contributed by atoms with Gasteiger partial charge in [0.1, 0.15) is 18.1 Å². The molecule has 38 heavy (non-hydrogen) atoms. The number of nitrogens with one attached hydrogen (secondary N) is 3. The molecule has 5 N–H and O–H groups in total. The molecule has 3 fully saturated rings. The Morgan fingerprint density at radius 1 is 1.11 bits per heavy atom. The summed E-state index contributed by atoms with van der Waals surface area (Å²) in [5.41, 5.74) is 3.66. The number of carbonyl (C=O) groups is 5. The molecule has 6 atom stereocenters. The van der Waals surface area contributed by atoms with Gasteiger partial charge in [-0.1, -0.05) is 34.6 Å². The molecule has 2 saturated heterocycles. The lowest BCUT2D eigenvalue weighted by Crippen LogP contribution is -2.61. The van der Waals surface area contributed by atoms with Crippen LogP contribution in [0.1, 0.15) is 61.3 Å². The summed E-state index contributed by atoms with van der Waals surface area (Å²) < 4.78 is 39.0. The monoisotopic (exact) mass is 545 g/mol. The maximum Gasteiger partial charge on any atom is 0.471 e. The van der Waals surface area contributed by atoms with Crippen molar-refractivity contribution in [3.8, 4) is 0 Å². The topological polar surface area (TPSA) is 151 Å². The highest BCUT2D eigenvalue weighted by molar-refractivity contribution is 5.96. The molecule has 0 aromatic carbocycles. The van der Waals surface area contributed by atoms with Gasteiger partial charge in [-0.2, -0.15) is 13.2 Å². The predicted molar refractivity (Wildman–Crippen MR) is 130 cm³/mol. The molecule has 1 saturated carbocycles. The molecule has 2 heterocycles. The maximum atomic E-state index is 13.6. The molecule has 0 spiro atoms. The third kappa shape index (κ3) is 5.75. The van der Waals surface area contributed by atoms with Crippen LogP contribution in [-0.4, -0.2) is 70.8 Å². The van der Waals surface area contributed by atoms with Crippen molar-refractivity contribution in [2.75, 3.05) is 6.54 Å². The molecule has 3 rings (SSSR count). The molecule has 3 aliphatic rings. The number of fused-ring (bicyclic) bond motifs is 1. The second-order valence-electron chi connectivity index (χ2n) is 13.1. The molecule has 0 unspecified atom stereocenters. The Balaban J connectivity index is 1.84. The van der Waals surface area contributed by atoms with Crippen molar-refractivity contribution in [2.45, 2.75) is 91.1 Å². The van der Waals surface area contributed by atoms with Crippen LogP contribution in [0, 0.1) is 28.6 Å². The zero-order valence-corrected chi connectivity index (χ0v) is 22.8. The molecule has 214 valence electrons. The zero-order valence-electron chi connectivity index (χ0n) is 22.8. The Labute approximate surface area is 220 Å². The normalized spacial score (nSPS) is 29.1. The van der Waals surface area contributed by atoms with Crippen LogP contribution >= 0.6 is 0 Å². The van der Waals surface area contributed by atoms with Crippen LogP contribution in [0.4, 0.5) is 13.2 Å². The maximum absolute atomic E-state index is 13.6. The van der Waals surface area contributed by atoms with Gasteiger partial charge in [-0.25, -0.2) is 0 Å². The van der Waals surface area contributed by atoms with Crippen LogP contribution in [0.2, 0.25) is 0 Å². The van der Waals surface area contributed by atoms with Crippen molar-refractivity contribution in [1.29, 1.82) is 0 Å². The zero-order chi connectivity index (χ0) is 29.2. The minimum absolute atomic E-state index is 0.0270. The molecule has 10 nitrogen and oxygen atoms in total. The van der Waals surface area contributed by atoms with E-state index in [1.165, 1.54) is 25.7 Å². The lowest BCUT2D eigenvalue weighted by atomic mass is 9.85. The summed E-state index contributed by atoms with van der Waals surface area (Å²) in [6, 6.07) is -3.82. The summed E-state index contributed by atoms with van der Waals surface area (Å²) in [7, 11) is 0. The van der Waals surface area contributed by atoms with Crippen LogP contribution in [0.5, 0.6) is 0 Å². The molecule has 2 aliphatic heterocycles. The first-order valence-corrected chi connectivity index (χ1v) is 12.7. The second kappa shape index (κ2) is 9.41. The average Bonchev–Trinajstić information content (AvgIpc) is 3.03. The predicted octanol–water partition coefficient (Wildman–Crippen LogP) is 0.838. The fourth-order valence-corrected chi connectivity index (χ4v) is 6.01. The number of nitrogens with two attached hydrogens (primary N) is 1. The van der Waals surface area contributed by atoms with Crippen molar-refractivity contribution in [3.63, 3.8) is 0 Å². The number of piperidine rings is 1. The number of nitrogens with zero attached hydrogens (tertiary/aromatic N) is 1. The summed E-state index contributed by atoms with van der Waals surface area (Å²) in [4.78, 5) is 64.7. The average molecular weight is 546 g/mol. The lowest BCUT2D eigenvalue weighted by molar-refractivity contribution is -0.176. The minimum Gasteiger partial charge on any atom is -0.368 e. The minimum atomic E-state index is -5.19. The molecule has 0 aromatic heterocycles. The molecule has 0 aromatic rings. The second-order valence-corrected chi connectivity index (χ2v) is 13.1. The molecule has 1 aliphatic carbocycles. The lowest BCUT2D eigenvalue weighted by Gasteiger charge is -2.38. The van der Waals surface area contributed by atoms with Crippen LogP contribution in [0.3, 0.4) is 0 Å². The van der Waals surface area contributed by atoms with Crippen molar-refractivity contribution in [2.24, 2.45) is 34.3 Å². The highest BCUT2D eigenvalue weighted by atomic mass is 19.4. The molecule has 0 bridgehead atoms. The van der Waals surface area contributed by atoms with Crippen molar-refractivity contribution < 1.29 is 37.1 Å². The van der Waals surface area contributed by atoms with Gasteiger partial charge in [-0.15, -0.1) is 0 Å². The molecule has 0 radical (unpaired) electrons. The van der Waals surface area contributed by atoms with Gasteiger partial charge >= 0.3 is 12.1 Å². The SMILES string of the molecule is CC1(C)C[C@@H](C[C@H](NC(=O)[C@@H]2[C@@H]3[C@H](CN2C(=O)[C@@H](NC(=O)C(F)(F)F)C(C)(C)C)C3(C)C)C(N)=O)C(=O)N1. The van der Waals surface area contributed by atoms with Gasteiger partial charge < -0.3 is 26.6 Å². The molecule has 5 amide bonds. The quantitative estimate of drug-likeness (QED) is 0.374. The van der Waals surface area contributed by atoms with Gasteiger partial charge in [0, 0.05) is 18.0 Å². The Morgan fingerprint density at radius 3 is 2.13 bits per heavy atom. The number of hydrogen-bond acceptors (Lipinski definition) is 5. The smallest absolute Gasteiger partial charge is 0.368 e. The summed E-state index contributed by atoms with van der Waals surface area (Å²) in [5, 5.41) is 7.22. The van der Waals surface area contributed by atoms with E-state index in [9.17, 15) is 37.1 Å². The first-order valence-electron chi connectivity index (χ1n) is 12.7. The van der Waals surface area contributed by atoms with E-state index in [1.807, 2.05) is 27.7 Å². The number of halogens is 3. The van der Waals surface area contributed by atoms with Crippen LogP contribution in [0.25, 0.3) is 0 Å². The van der Waals surface area contributed by atoms with Crippen molar-refractivity contribution >= 4 is 29.5 Å². The van der Waals surface area contributed by atoms with Gasteiger partial charge in [-0.3, -0.25) is 24.0 Å². The van der Waals surface area contributed by atoms with E-state index in [0.29, 0.717) is 6.42 Å². The molecule has 13 heteroatoms. The van der Waals surface area contributed by atoms with Crippen LogP contribution in [0.15, 0.2) is 0 Å². The number of primary amides is 1. The number of amides is 5. The molecular weight excluding hydrogens is 507 g/mol. The molecular formula is C25H38F3N5O5. The van der Waals surface area contributed by atoms with Gasteiger partial charge in [-0.05, 0) is 49.4 Å². The Hall–Kier alpha value is -2.86. The van der Waals surface area contributed by atoms with Crippen LogP contribution < -0.4 is 21.7 Å². The van der Waals surface area contributed by atoms with Gasteiger partial charge in [0.2, 0.25) is 23.6 Å². The van der Waals surface area contributed by atoms with Crippen molar-refractivity contribution in [1.82, 2.24) is 20.9 Å². The van der Waals surface area contributed by atoms with E-state index in [4.69, 9.17) is 5.73 Å². The highest BCUT2D eigenvalue weighted by Gasteiger charge is 2.70. The first kappa shape index (κ1) is 29.7. The summed E-state index contributed by atoms with van der Waals surface area (Å²) >= 11 is 0. The van der Waals surface area contributed by atoms with Crippen LogP contribution in [-0.2, 0) is 24.0 Å². The van der Waals surface area contributed by atoms with E-state index in [2.05, 4.69) is 10.6 Å². The fraction of sp³-hybridized carbons (Fsp3) is 0.800. The van der Waals surface area contributed by atoms with E-state index < -0.39 is 64.8 Å². The Bertz CT molecular complexity index is 1040. The summed E-state index contributed by atoms with van der Waals surface area (Å²) in [6.07, 6.45) is -4.78. The number of carbonyl (C=O) groups excluding carboxylic acids is 5. The number of hydrogen-bond donors (Lipinski definition) is 4. The summed E-state index contributed by atoms with van der Waals surface area (Å²) in [6.45, 7) is 12.2. The van der Waals surface area contributed by atoms with E-state index in [1.54, 1.807) is 5.32 Å². The van der Waals surface area contributed by atoms with E-state index in [-0.39, 0.29) is 36.1 Å². The fourth-order valence-electron chi connectivity index (χ4n) is 6.01. The number of likely N-dealkylation sites (tertiary alicyclic amines) is 1. The standard InChI is InChI=1S/C25H38F3N5O5/c1-22(2,3)16(31-21(38)25(26,27)28)20(37)33-10-12-14(24(12,6)7)15(33)19(36)30-13(17(29)34)8-11-9-23(4,5)32-18(11)35/h11-16H,8-10H2,1-7H3,(H2,29,34)(H,30,36)(H,31,38)(H,32,35)/t11-,12+,13+,14+,15+,16-/m1/s1. The largest absolute Gasteiger partial charge is 0.471 e. The number of alkyl halides is 3. The van der Waals surface area contributed by atoms with Gasteiger partial charge in [0.25, 0.3) is 0 Å². The van der Waals surface area contributed by atoms with Crippen molar-refractivity contribution in [3.05, 3.63) is 0 Å². The Kier molecular flexibility index (Phi) is 7.35. The van der Waals surface area contributed by atoms with Gasteiger partial charge in [0.05, 0.1) is 0 Å². The summed E-state index contributed by atoms with van der Waals surface area (Å²) in [5.74, 6) is -5.78. The third-order valence-electron chi connectivity index (χ3n) is 8.18. The Morgan fingerprint density at radius 2 is 1.68 bits per heavy atom. The van der Waals surface area contributed by atoms with E-state index in [0.717, 1.165) is 0 Å².